The van der Waals surface area contributed by atoms with Gasteiger partial charge in [0.1, 0.15) is 0 Å². The highest BCUT2D eigenvalue weighted by Gasteiger charge is 2.03. The maximum atomic E-state index is 9.72. The van der Waals surface area contributed by atoms with Crippen LogP contribution in [-0.2, 0) is 14.4 Å². The van der Waals surface area contributed by atoms with E-state index in [0.29, 0.717) is 41.9 Å². The predicted octanol–water partition coefficient (Wildman–Crippen LogP) is 4.79. The van der Waals surface area contributed by atoms with Gasteiger partial charge in [0.05, 0.1) is 0 Å². The predicted molar refractivity (Wildman–Crippen MR) is 122 cm³/mol. The van der Waals surface area contributed by atoms with Crippen LogP contribution in [0.5, 0.6) is 0 Å². The normalized spacial score (nSPS) is 9.44. The summed E-state index contributed by atoms with van der Waals surface area (Å²) in [5, 5.41) is 24.0. The molecule has 0 saturated carbocycles. The molecular formula is C18H38O6S3. The first-order valence-corrected chi connectivity index (χ1v) is 10.8. The molecule has 0 aromatic rings. The van der Waals surface area contributed by atoms with Crippen LogP contribution in [0.4, 0.5) is 0 Å². The molecule has 0 spiro atoms. The standard InChI is InChI=1S/C6H14.3C4H8O2S/c1-5-6(2,3)4;3*5-4(6)2-1-3-7/h5H2,1-4H3;3*7H,1-3H2,(H,5,6). The first kappa shape index (κ1) is 34.0. The Labute approximate surface area is 180 Å². The summed E-state index contributed by atoms with van der Waals surface area (Å²) in [7, 11) is 0. The van der Waals surface area contributed by atoms with Crippen molar-refractivity contribution < 1.29 is 29.7 Å². The van der Waals surface area contributed by atoms with Gasteiger partial charge in [-0.3, -0.25) is 14.4 Å². The molecule has 3 N–H and O–H groups in total. The fourth-order valence-corrected chi connectivity index (χ4v) is 1.17. The Hall–Kier alpha value is -0.540. The molecule has 164 valence electrons. The van der Waals surface area contributed by atoms with Crippen LogP contribution in [0.25, 0.3) is 0 Å². The van der Waals surface area contributed by atoms with E-state index in [2.05, 4.69) is 65.6 Å². The van der Waals surface area contributed by atoms with Gasteiger partial charge in [-0.2, -0.15) is 37.9 Å². The van der Waals surface area contributed by atoms with Crippen molar-refractivity contribution in [1.29, 1.82) is 0 Å². The van der Waals surface area contributed by atoms with Crippen LogP contribution in [0.1, 0.15) is 72.6 Å². The van der Waals surface area contributed by atoms with E-state index in [-0.39, 0.29) is 19.3 Å². The first-order valence-electron chi connectivity index (χ1n) is 8.85. The zero-order chi connectivity index (χ0) is 22.3. The number of thiol groups is 3. The fraction of sp³-hybridized carbons (Fsp3) is 0.833. The Morgan fingerprint density at radius 2 is 0.852 bits per heavy atom. The molecule has 0 radical (unpaired) electrons. The average Bonchev–Trinajstić information content (AvgIpc) is 2.57. The number of carboxylic acid groups (broad SMARTS) is 3. The minimum absolute atomic E-state index is 0.240. The second kappa shape index (κ2) is 25.5. The molecule has 27 heavy (non-hydrogen) atoms. The number of aliphatic carboxylic acids is 3. The summed E-state index contributed by atoms with van der Waals surface area (Å²) in [6.45, 7) is 8.94. The Morgan fingerprint density at radius 3 is 0.889 bits per heavy atom. The number of rotatable bonds is 9. The SMILES string of the molecule is CCC(C)(C)C.O=C(O)CCCS.O=C(O)CCCS.O=C(O)CCCS. The highest BCUT2D eigenvalue weighted by Crippen LogP contribution is 2.16. The second-order valence-corrected chi connectivity index (χ2v) is 7.92. The molecule has 0 aliphatic carbocycles. The van der Waals surface area contributed by atoms with Crippen molar-refractivity contribution in [3.63, 3.8) is 0 Å². The van der Waals surface area contributed by atoms with Gasteiger partial charge < -0.3 is 15.3 Å². The smallest absolute Gasteiger partial charge is 0.303 e. The molecule has 0 rings (SSSR count). The maximum absolute atomic E-state index is 9.72. The zero-order valence-electron chi connectivity index (χ0n) is 17.0. The molecule has 0 bridgehead atoms. The van der Waals surface area contributed by atoms with Gasteiger partial charge in [0.15, 0.2) is 0 Å². The molecular weight excluding hydrogens is 408 g/mol. The number of carbonyl (C=O) groups is 3. The monoisotopic (exact) mass is 446 g/mol. The molecule has 0 saturated heterocycles. The highest BCUT2D eigenvalue weighted by atomic mass is 32.1. The van der Waals surface area contributed by atoms with E-state index in [4.69, 9.17) is 15.3 Å². The van der Waals surface area contributed by atoms with Crippen LogP contribution in [0.2, 0.25) is 0 Å². The summed E-state index contributed by atoms with van der Waals surface area (Å²) in [5.41, 5.74) is 0.542. The third kappa shape index (κ3) is 67.0. The van der Waals surface area contributed by atoms with Crippen LogP contribution in [-0.4, -0.2) is 50.5 Å². The van der Waals surface area contributed by atoms with Crippen molar-refractivity contribution >= 4 is 55.8 Å². The quantitative estimate of drug-likeness (QED) is 0.284. The molecule has 0 unspecified atom stereocenters. The second-order valence-electron chi connectivity index (χ2n) is 6.58. The minimum atomic E-state index is -0.742. The fourth-order valence-electron chi connectivity index (χ4n) is 0.691. The van der Waals surface area contributed by atoms with Gasteiger partial charge in [0.2, 0.25) is 0 Å². The van der Waals surface area contributed by atoms with Gasteiger partial charge in [-0.15, -0.1) is 0 Å². The van der Waals surface area contributed by atoms with Crippen LogP contribution in [0.15, 0.2) is 0 Å². The Kier molecular flexibility index (Phi) is 32.1. The zero-order valence-corrected chi connectivity index (χ0v) is 19.7. The first-order chi connectivity index (χ1) is 12.4. The lowest BCUT2D eigenvalue weighted by atomic mass is 9.94. The lowest BCUT2D eigenvalue weighted by Gasteiger charge is -2.12. The summed E-state index contributed by atoms with van der Waals surface area (Å²) in [6.07, 6.45) is 3.98. The molecule has 0 heterocycles. The Bertz CT molecular complexity index is 315. The van der Waals surface area contributed by atoms with Crippen molar-refractivity contribution in [2.24, 2.45) is 5.41 Å². The van der Waals surface area contributed by atoms with Crippen molar-refractivity contribution in [3.8, 4) is 0 Å². The molecule has 6 nitrogen and oxygen atoms in total. The molecule has 0 aromatic heterocycles. The molecule has 0 amide bonds. The van der Waals surface area contributed by atoms with E-state index in [1.807, 2.05) is 0 Å². The van der Waals surface area contributed by atoms with E-state index in [0.717, 1.165) is 0 Å². The number of hydrogen-bond acceptors (Lipinski definition) is 6. The van der Waals surface area contributed by atoms with Crippen molar-refractivity contribution in [2.75, 3.05) is 17.3 Å². The summed E-state index contributed by atoms with van der Waals surface area (Å²) >= 11 is 11.5. The molecule has 0 aliphatic heterocycles. The number of hydrogen-bond donors (Lipinski definition) is 6. The summed E-state index contributed by atoms with van der Waals surface area (Å²) in [5.74, 6) is -0.248. The Morgan fingerprint density at radius 1 is 0.667 bits per heavy atom. The Balaban J connectivity index is -0.000000131. The molecule has 0 aromatic carbocycles. The van der Waals surface area contributed by atoms with E-state index >= 15 is 0 Å². The van der Waals surface area contributed by atoms with E-state index in [1.165, 1.54) is 6.42 Å². The molecule has 0 aliphatic rings. The van der Waals surface area contributed by atoms with Gasteiger partial charge in [-0.25, -0.2) is 0 Å². The maximum Gasteiger partial charge on any atom is 0.303 e. The minimum Gasteiger partial charge on any atom is -0.481 e. The van der Waals surface area contributed by atoms with Gasteiger partial charge in [0, 0.05) is 19.3 Å². The van der Waals surface area contributed by atoms with Crippen molar-refractivity contribution in [3.05, 3.63) is 0 Å². The summed E-state index contributed by atoms with van der Waals surface area (Å²) in [4.78, 5) is 29.2. The summed E-state index contributed by atoms with van der Waals surface area (Å²) in [6, 6.07) is 0. The third-order valence-electron chi connectivity index (χ3n) is 2.71. The van der Waals surface area contributed by atoms with Crippen LogP contribution < -0.4 is 0 Å². The van der Waals surface area contributed by atoms with Crippen molar-refractivity contribution in [2.45, 2.75) is 72.6 Å². The molecule has 0 fully saturated rings. The van der Waals surface area contributed by atoms with Crippen LogP contribution >= 0.6 is 37.9 Å². The van der Waals surface area contributed by atoms with Gasteiger partial charge in [-0.1, -0.05) is 34.1 Å². The topological polar surface area (TPSA) is 112 Å². The lowest BCUT2D eigenvalue weighted by Crippen LogP contribution is -2.00. The van der Waals surface area contributed by atoms with E-state index < -0.39 is 17.9 Å². The third-order valence-corrected chi connectivity index (χ3v) is 3.66. The van der Waals surface area contributed by atoms with Gasteiger partial charge in [0.25, 0.3) is 0 Å². The van der Waals surface area contributed by atoms with E-state index in [1.54, 1.807) is 0 Å². The van der Waals surface area contributed by atoms with Crippen LogP contribution in [0, 0.1) is 5.41 Å². The highest BCUT2D eigenvalue weighted by molar-refractivity contribution is 7.80. The largest absolute Gasteiger partial charge is 0.481 e. The molecule has 0 atom stereocenters. The van der Waals surface area contributed by atoms with E-state index in [9.17, 15) is 14.4 Å². The van der Waals surface area contributed by atoms with Crippen LogP contribution in [0.3, 0.4) is 0 Å². The lowest BCUT2D eigenvalue weighted by molar-refractivity contribution is -0.138. The molecule has 9 heteroatoms. The van der Waals surface area contributed by atoms with Gasteiger partial charge in [-0.05, 0) is 41.9 Å². The summed E-state index contributed by atoms with van der Waals surface area (Å²) < 4.78 is 0. The number of carboxylic acids is 3. The van der Waals surface area contributed by atoms with Crippen molar-refractivity contribution in [1.82, 2.24) is 0 Å². The van der Waals surface area contributed by atoms with Gasteiger partial charge >= 0.3 is 17.9 Å². The average molecular weight is 447 g/mol.